The van der Waals surface area contributed by atoms with Crippen LogP contribution in [0.15, 0.2) is 58.5 Å². The van der Waals surface area contributed by atoms with E-state index in [4.69, 9.17) is 4.74 Å². The number of aromatic nitrogens is 1. The van der Waals surface area contributed by atoms with Crippen LogP contribution in [0, 0.1) is 18.3 Å². The second-order valence-electron chi connectivity index (χ2n) is 5.57. The maximum Gasteiger partial charge on any atom is 0.136 e. The summed E-state index contributed by atoms with van der Waals surface area (Å²) in [5, 5.41) is 15.3. The number of aryl methyl sites for hydroxylation is 1. The molecule has 0 amide bonds. The number of rotatable bonds is 5. The molecule has 3 rings (SSSR count). The predicted molar refractivity (Wildman–Crippen MR) is 110 cm³/mol. The van der Waals surface area contributed by atoms with Crippen molar-refractivity contribution < 1.29 is 4.74 Å². The van der Waals surface area contributed by atoms with E-state index in [0.717, 1.165) is 32.7 Å². The Bertz CT molecular complexity index is 1000. The van der Waals surface area contributed by atoms with Gasteiger partial charge in [0.25, 0.3) is 0 Å². The van der Waals surface area contributed by atoms with Crippen LogP contribution in [-0.2, 0) is 0 Å². The first kappa shape index (κ1) is 18.2. The second-order valence-corrected chi connectivity index (χ2v) is 7.28. The molecular weight excluding hydrogens is 410 g/mol. The van der Waals surface area contributed by atoms with Crippen molar-refractivity contribution in [1.29, 1.82) is 5.26 Å². The topological polar surface area (TPSA) is 57.9 Å². The summed E-state index contributed by atoms with van der Waals surface area (Å²) in [4.78, 5) is 4.60. The normalized spacial score (nSPS) is 11.1. The van der Waals surface area contributed by atoms with Crippen LogP contribution in [0.2, 0.25) is 0 Å². The Morgan fingerprint density at radius 3 is 2.88 bits per heavy atom. The highest BCUT2D eigenvalue weighted by Crippen LogP contribution is 2.29. The molecule has 0 aliphatic heterocycles. The third-order valence-electron chi connectivity index (χ3n) is 3.72. The van der Waals surface area contributed by atoms with Gasteiger partial charge in [-0.05, 0) is 52.7 Å². The van der Waals surface area contributed by atoms with Crippen molar-refractivity contribution in [2.45, 2.75) is 6.92 Å². The number of anilines is 1. The predicted octanol–water partition coefficient (Wildman–Crippen LogP) is 5.87. The minimum atomic E-state index is 0.483. The number of allylic oxidation sites excluding steroid dienone is 1. The lowest BCUT2D eigenvalue weighted by molar-refractivity contribution is 0.415. The van der Waals surface area contributed by atoms with E-state index in [1.807, 2.05) is 54.8 Å². The zero-order valence-electron chi connectivity index (χ0n) is 14.3. The summed E-state index contributed by atoms with van der Waals surface area (Å²) in [6.45, 7) is 2.03. The van der Waals surface area contributed by atoms with Crippen molar-refractivity contribution >= 4 is 38.5 Å². The van der Waals surface area contributed by atoms with Crippen LogP contribution >= 0.6 is 27.3 Å². The van der Waals surface area contributed by atoms with Crippen molar-refractivity contribution in [3.05, 3.63) is 69.1 Å². The number of halogens is 1. The lowest BCUT2D eigenvalue weighted by Gasteiger charge is -2.05. The zero-order valence-corrected chi connectivity index (χ0v) is 16.7. The Morgan fingerprint density at radius 2 is 2.15 bits per heavy atom. The molecule has 3 aromatic rings. The molecule has 0 unspecified atom stereocenters. The fourth-order valence-corrected chi connectivity index (χ4v) is 3.74. The van der Waals surface area contributed by atoms with E-state index < -0.39 is 0 Å². The van der Waals surface area contributed by atoms with Crippen LogP contribution < -0.4 is 10.1 Å². The molecule has 0 bridgehead atoms. The van der Waals surface area contributed by atoms with Gasteiger partial charge in [0.1, 0.15) is 22.4 Å². The standard InChI is InChI=1S/C20H16BrN3OS/c1-13-6-7-18(17(21)8-13)23-11-15(10-22)20-24-19(12-26-20)14-4-3-5-16(9-14)25-2/h3-9,11-12,23H,1-2H3. The fraction of sp³-hybridized carbons (Fsp3) is 0.100. The van der Waals surface area contributed by atoms with E-state index in [9.17, 15) is 5.26 Å². The number of thiazole rings is 1. The van der Waals surface area contributed by atoms with Crippen molar-refractivity contribution in [3.8, 4) is 23.1 Å². The molecular formula is C20H16BrN3OS. The lowest BCUT2D eigenvalue weighted by Crippen LogP contribution is -1.92. The van der Waals surface area contributed by atoms with Gasteiger partial charge in [-0.1, -0.05) is 18.2 Å². The molecule has 0 saturated heterocycles. The summed E-state index contributed by atoms with van der Waals surface area (Å²) in [6, 6.07) is 15.9. The number of benzene rings is 2. The SMILES string of the molecule is COc1cccc(-c2csc(C(C#N)=CNc3ccc(C)cc3Br)n2)c1. The Hall–Kier alpha value is -2.62. The zero-order chi connectivity index (χ0) is 18.5. The fourth-order valence-electron chi connectivity index (χ4n) is 2.34. The van der Waals surface area contributed by atoms with Crippen molar-refractivity contribution in [1.82, 2.24) is 4.98 Å². The Balaban J connectivity index is 1.85. The molecule has 2 aromatic carbocycles. The first-order valence-electron chi connectivity index (χ1n) is 7.84. The number of hydrogen-bond acceptors (Lipinski definition) is 5. The summed E-state index contributed by atoms with van der Waals surface area (Å²) < 4.78 is 6.20. The van der Waals surface area contributed by atoms with Crippen LogP contribution in [0.25, 0.3) is 16.8 Å². The van der Waals surface area contributed by atoms with E-state index >= 15 is 0 Å². The van der Waals surface area contributed by atoms with Crippen LogP contribution in [0.3, 0.4) is 0 Å². The molecule has 0 aliphatic carbocycles. The molecule has 0 aliphatic rings. The number of nitrogens with one attached hydrogen (secondary N) is 1. The van der Waals surface area contributed by atoms with Gasteiger partial charge in [0.15, 0.2) is 0 Å². The van der Waals surface area contributed by atoms with E-state index in [1.54, 1.807) is 13.3 Å². The maximum atomic E-state index is 9.51. The summed E-state index contributed by atoms with van der Waals surface area (Å²) >= 11 is 4.96. The van der Waals surface area contributed by atoms with Crippen LogP contribution in [-0.4, -0.2) is 12.1 Å². The smallest absolute Gasteiger partial charge is 0.136 e. The molecule has 1 heterocycles. The number of hydrogen-bond donors (Lipinski definition) is 1. The molecule has 26 heavy (non-hydrogen) atoms. The first-order chi connectivity index (χ1) is 12.6. The quantitative estimate of drug-likeness (QED) is 0.519. The van der Waals surface area contributed by atoms with Gasteiger partial charge in [-0.3, -0.25) is 0 Å². The highest BCUT2D eigenvalue weighted by atomic mass is 79.9. The van der Waals surface area contributed by atoms with Gasteiger partial charge in [-0.2, -0.15) is 5.26 Å². The van der Waals surface area contributed by atoms with E-state index in [-0.39, 0.29) is 0 Å². The van der Waals surface area contributed by atoms with Crippen LogP contribution in [0.5, 0.6) is 5.75 Å². The van der Waals surface area contributed by atoms with E-state index in [2.05, 4.69) is 32.3 Å². The Kier molecular flexibility index (Phi) is 5.71. The van der Waals surface area contributed by atoms with Gasteiger partial charge in [0.05, 0.1) is 18.5 Å². The second kappa shape index (κ2) is 8.17. The summed E-state index contributed by atoms with van der Waals surface area (Å²) in [5.41, 5.74) is 4.32. The van der Waals surface area contributed by atoms with E-state index in [1.165, 1.54) is 11.3 Å². The third-order valence-corrected chi connectivity index (χ3v) is 5.25. The molecule has 0 spiro atoms. The summed E-state index contributed by atoms with van der Waals surface area (Å²) in [6.07, 6.45) is 1.68. The molecule has 4 nitrogen and oxygen atoms in total. The van der Waals surface area contributed by atoms with Gasteiger partial charge < -0.3 is 10.1 Å². The van der Waals surface area contributed by atoms with Gasteiger partial charge in [-0.25, -0.2) is 4.98 Å². The Labute approximate surface area is 164 Å². The number of ether oxygens (including phenoxy) is 1. The molecule has 1 aromatic heterocycles. The molecule has 130 valence electrons. The van der Waals surface area contributed by atoms with E-state index in [0.29, 0.717) is 10.6 Å². The van der Waals surface area contributed by atoms with Crippen molar-refractivity contribution in [2.75, 3.05) is 12.4 Å². The van der Waals surface area contributed by atoms with Gasteiger partial charge >= 0.3 is 0 Å². The minimum Gasteiger partial charge on any atom is -0.497 e. The van der Waals surface area contributed by atoms with Crippen LogP contribution in [0.4, 0.5) is 5.69 Å². The van der Waals surface area contributed by atoms with Gasteiger partial charge in [0, 0.05) is 21.6 Å². The largest absolute Gasteiger partial charge is 0.497 e. The Morgan fingerprint density at radius 1 is 1.31 bits per heavy atom. The summed E-state index contributed by atoms with van der Waals surface area (Å²) in [7, 11) is 1.64. The molecule has 0 saturated carbocycles. The molecule has 0 fully saturated rings. The lowest BCUT2D eigenvalue weighted by atomic mass is 10.1. The molecule has 1 N–H and O–H groups in total. The monoisotopic (exact) mass is 425 g/mol. The van der Waals surface area contributed by atoms with Crippen LogP contribution in [0.1, 0.15) is 10.6 Å². The molecule has 6 heteroatoms. The highest BCUT2D eigenvalue weighted by Gasteiger charge is 2.10. The number of nitriles is 1. The number of methoxy groups -OCH3 is 1. The number of nitrogens with zero attached hydrogens (tertiary/aromatic N) is 2. The average Bonchev–Trinajstić information content (AvgIpc) is 3.14. The van der Waals surface area contributed by atoms with Gasteiger partial charge in [0.2, 0.25) is 0 Å². The molecule has 0 radical (unpaired) electrons. The molecule has 0 atom stereocenters. The highest BCUT2D eigenvalue weighted by molar-refractivity contribution is 9.10. The minimum absolute atomic E-state index is 0.483. The van der Waals surface area contributed by atoms with Gasteiger partial charge in [-0.15, -0.1) is 11.3 Å². The third kappa shape index (κ3) is 4.13. The van der Waals surface area contributed by atoms with Crippen molar-refractivity contribution in [3.63, 3.8) is 0 Å². The summed E-state index contributed by atoms with van der Waals surface area (Å²) in [5.74, 6) is 0.777. The average molecular weight is 426 g/mol. The van der Waals surface area contributed by atoms with Crippen molar-refractivity contribution in [2.24, 2.45) is 0 Å². The first-order valence-corrected chi connectivity index (χ1v) is 9.51. The maximum absolute atomic E-state index is 9.51.